The molecular weight excluding hydrogens is 582 g/mol. The number of halogens is 1. The van der Waals surface area contributed by atoms with Gasteiger partial charge in [0.1, 0.15) is 4.90 Å². The molecule has 2 atom stereocenters. The van der Waals surface area contributed by atoms with E-state index in [0.717, 1.165) is 16.5 Å². The van der Waals surface area contributed by atoms with Crippen molar-refractivity contribution in [1.82, 2.24) is 4.72 Å². The monoisotopic (exact) mass is 613 g/mol. The van der Waals surface area contributed by atoms with Gasteiger partial charge in [0.05, 0.1) is 18.2 Å². The molecule has 1 fully saturated rings. The molecule has 8 nitrogen and oxygen atoms in total. The average Bonchev–Trinajstić information content (AvgIpc) is 2.93. The Morgan fingerprint density at radius 3 is 2.56 bits per heavy atom. The van der Waals surface area contributed by atoms with Crippen LogP contribution in [-0.2, 0) is 19.6 Å². The Labute approximate surface area is 237 Å². The quantitative estimate of drug-likeness (QED) is 0.308. The van der Waals surface area contributed by atoms with E-state index in [1.807, 2.05) is 41.3 Å². The number of carbonyl (C=O) groups is 2. The predicted octanol–water partition coefficient (Wildman–Crippen LogP) is 5.52. The number of nitrogens with one attached hydrogen (secondary N) is 2. The van der Waals surface area contributed by atoms with E-state index < -0.39 is 16.1 Å². The third-order valence-corrected chi connectivity index (χ3v) is 8.67. The maximum atomic E-state index is 13.8. The van der Waals surface area contributed by atoms with Crippen LogP contribution in [-0.4, -0.2) is 40.0 Å². The fourth-order valence-corrected chi connectivity index (χ4v) is 6.54. The number of piperidine rings is 1. The van der Waals surface area contributed by atoms with Crippen LogP contribution in [0.15, 0.2) is 82.2 Å². The van der Waals surface area contributed by atoms with Gasteiger partial charge >= 0.3 is 5.97 Å². The third-order valence-electron chi connectivity index (χ3n) is 6.61. The van der Waals surface area contributed by atoms with Crippen LogP contribution in [0.3, 0.4) is 0 Å². The van der Waals surface area contributed by atoms with Crippen molar-refractivity contribution in [2.24, 2.45) is 5.92 Å². The second-order valence-electron chi connectivity index (χ2n) is 9.44. The topological polar surface area (TPSA) is 105 Å². The first-order valence-electron chi connectivity index (χ1n) is 12.9. The van der Waals surface area contributed by atoms with Gasteiger partial charge in [-0.2, -0.15) is 0 Å². The highest BCUT2D eigenvalue weighted by Crippen LogP contribution is 2.33. The molecule has 0 radical (unpaired) electrons. The van der Waals surface area contributed by atoms with Crippen molar-refractivity contribution in [2.45, 2.75) is 37.6 Å². The number of nitrogens with zero attached hydrogens (tertiary/aromatic N) is 1. The van der Waals surface area contributed by atoms with Gasteiger partial charge in [0, 0.05) is 34.9 Å². The molecule has 4 rings (SSSR count). The number of esters is 1. The van der Waals surface area contributed by atoms with E-state index in [0.29, 0.717) is 43.1 Å². The number of sulfonamides is 1. The first-order chi connectivity index (χ1) is 18.7. The summed E-state index contributed by atoms with van der Waals surface area (Å²) in [7, 11) is -4.03. The van der Waals surface area contributed by atoms with Crippen molar-refractivity contribution < 1.29 is 22.7 Å². The summed E-state index contributed by atoms with van der Waals surface area (Å²) in [4.78, 5) is 27.3. The molecule has 2 N–H and O–H groups in total. The maximum Gasteiger partial charge on any atom is 0.310 e. The summed E-state index contributed by atoms with van der Waals surface area (Å²) in [5, 5.41) is 2.81. The Morgan fingerprint density at radius 2 is 1.85 bits per heavy atom. The molecule has 10 heteroatoms. The SMILES string of the molecule is CCOC(=O)[C@@H]1CCCN(c2ccc(NC(=O)c3cccc(Br)c3)cc2S(=O)(=O)N[C@H](C)c2ccccc2)C1. The minimum Gasteiger partial charge on any atom is -0.466 e. The Morgan fingerprint density at radius 1 is 1.08 bits per heavy atom. The molecule has 0 spiro atoms. The number of anilines is 2. The van der Waals surface area contributed by atoms with Crippen molar-refractivity contribution in [1.29, 1.82) is 0 Å². The van der Waals surface area contributed by atoms with E-state index in [1.165, 1.54) is 6.07 Å². The summed E-state index contributed by atoms with van der Waals surface area (Å²) in [5.41, 5.74) is 2.07. The van der Waals surface area contributed by atoms with Crippen LogP contribution < -0.4 is 14.9 Å². The van der Waals surface area contributed by atoms with E-state index in [9.17, 15) is 18.0 Å². The highest BCUT2D eigenvalue weighted by atomic mass is 79.9. The minimum atomic E-state index is -4.03. The van der Waals surface area contributed by atoms with Gasteiger partial charge in [-0.15, -0.1) is 0 Å². The van der Waals surface area contributed by atoms with Gasteiger partial charge in [0.25, 0.3) is 5.91 Å². The zero-order valence-corrected chi connectivity index (χ0v) is 24.3. The van der Waals surface area contributed by atoms with Gasteiger partial charge in [-0.05, 0) is 68.7 Å². The maximum absolute atomic E-state index is 13.8. The van der Waals surface area contributed by atoms with Gasteiger partial charge in [-0.1, -0.05) is 52.3 Å². The van der Waals surface area contributed by atoms with Crippen molar-refractivity contribution >= 4 is 49.2 Å². The van der Waals surface area contributed by atoms with E-state index in [1.54, 1.807) is 44.2 Å². The Kier molecular flexibility index (Phi) is 9.42. The molecule has 1 saturated heterocycles. The number of hydrogen-bond acceptors (Lipinski definition) is 6. The molecular formula is C29H32BrN3O5S. The molecule has 3 aromatic rings. The fourth-order valence-electron chi connectivity index (χ4n) is 4.66. The van der Waals surface area contributed by atoms with E-state index in [4.69, 9.17) is 4.74 Å². The second kappa shape index (κ2) is 12.8. The molecule has 1 amide bonds. The van der Waals surface area contributed by atoms with E-state index >= 15 is 0 Å². The number of amides is 1. The zero-order chi connectivity index (χ0) is 28.0. The largest absolute Gasteiger partial charge is 0.466 e. The van der Waals surface area contributed by atoms with Crippen LogP contribution in [0.4, 0.5) is 11.4 Å². The lowest BCUT2D eigenvalue weighted by Crippen LogP contribution is -2.40. The number of benzene rings is 3. The third kappa shape index (κ3) is 7.26. The number of rotatable bonds is 9. The van der Waals surface area contributed by atoms with Crippen molar-refractivity contribution in [2.75, 3.05) is 29.9 Å². The standard InChI is InChI=1S/C29H32BrN3O5S/c1-3-38-29(35)23-12-8-16-33(19-23)26-15-14-25(31-28(34)22-11-7-13-24(30)17-22)18-27(26)39(36,37)32-20(2)21-9-5-4-6-10-21/h4-7,9-11,13-15,17-18,20,23,32H,3,8,12,16,19H2,1-2H3,(H,31,34)/t20-,23-/m1/s1. The first kappa shape index (κ1) is 28.8. The Balaban J connectivity index is 1.68. The van der Waals surface area contributed by atoms with Crippen LogP contribution in [0, 0.1) is 5.92 Å². The summed E-state index contributed by atoms with van der Waals surface area (Å²) in [6, 6.07) is 20.6. The van der Waals surface area contributed by atoms with Crippen LogP contribution in [0.2, 0.25) is 0 Å². The molecule has 1 heterocycles. The number of hydrogen-bond donors (Lipinski definition) is 2. The summed E-state index contributed by atoms with van der Waals surface area (Å²) < 4.78 is 36.4. The Hall–Kier alpha value is -3.21. The van der Waals surface area contributed by atoms with Gasteiger partial charge in [-0.25, -0.2) is 13.1 Å². The summed E-state index contributed by atoms with van der Waals surface area (Å²) in [5.74, 6) is -0.986. The van der Waals surface area contributed by atoms with Crippen LogP contribution in [0.5, 0.6) is 0 Å². The summed E-state index contributed by atoms with van der Waals surface area (Å²) >= 11 is 3.37. The lowest BCUT2D eigenvalue weighted by Gasteiger charge is -2.34. The molecule has 39 heavy (non-hydrogen) atoms. The zero-order valence-electron chi connectivity index (χ0n) is 21.9. The molecule has 0 aliphatic carbocycles. The molecule has 1 aliphatic rings. The smallest absolute Gasteiger partial charge is 0.310 e. The fraction of sp³-hybridized carbons (Fsp3) is 0.310. The first-order valence-corrected chi connectivity index (χ1v) is 15.2. The Bertz CT molecular complexity index is 1430. The van der Waals surface area contributed by atoms with Gasteiger partial charge in [0.15, 0.2) is 0 Å². The predicted molar refractivity (Wildman–Crippen MR) is 155 cm³/mol. The highest BCUT2D eigenvalue weighted by molar-refractivity contribution is 9.10. The van der Waals surface area contributed by atoms with Crippen LogP contribution in [0.1, 0.15) is 48.7 Å². The average molecular weight is 615 g/mol. The summed E-state index contributed by atoms with van der Waals surface area (Å²) in [6.45, 7) is 4.78. The molecule has 0 unspecified atom stereocenters. The molecule has 206 valence electrons. The summed E-state index contributed by atoms with van der Waals surface area (Å²) in [6.07, 6.45) is 1.40. The lowest BCUT2D eigenvalue weighted by molar-refractivity contribution is -0.148. The normalized spacial score (nSPS) is 16.4. The second-order valence-corrected chi connectivity index (χ2v) is 12.0. The minimum absolute atomic E-state index is 0.0295. The van der Waals surface area contributed by atoms with E-state index in [2.05, 4.69) is 26.0 Å². The van der Waals surface area contributed by atoms with Crippen molar-refractivity contribution in [3.8, 4) is 0 Å². The van der Waals surface area contributed by atoms with Crippen LogP contribution in [0.25, 0.3) is 0 Å². The lowest BCUT2D eigenvalue weighted by atomic mass is 9.97. The van der Waals surface area contributed by atoms with Crippen molar-refractivity contribution in [3.05, 3.63) is 88.4 Å². The molecule has 0 bridgehead atoms. The van der Waals surface area contributed by atoms with Gasteiger partial charge in [-0.3, -0.25) is 9.59 Å². The number of carbonyl (C=O) groups excluding carboxylic acids is 2. The van der Waals surface area contributed by atoms with Crippen molar-refractivity contribution in [3.63, 3.8) is 0 Å². The van der Waals surface area contributed by atoms with Crippen LogP contribution >= 0.6 is 15.9 Å². The van der Waals surface area contributed by atoms with E-state index in [-0.39, 0.29) is 22.7 Å². The molecule has 0 aromatic heterocycles. The molecule has 3 aromatic carbocycles. The highest BCUT2D eigenvalue weighted by Gasteiger charge is 2.31. The van der Waals surface area contributed by atoms with Gasteiger partial charge < -0.3 is 15.0 Å². The molecule has 1 aliphatic heterocycles. The van der Waals surface area contributed by atoms with Gasteiger partial charge in [0.2, 0.25) is 10.0 Å². The molecule has 0 saturated carbocycles. The number of ether oxygens (including phenoxy) is 1.